The highest BCUT2D eigenvalue weighted by Crippen LogP contribution is 2.30. The van der Waals surface area contributed by atoms with Crippen molar-refractivity contribution >= 4 is 20.0 Å². The molecule has 3 N–H and O–H groups in total. The minimum absolute atomic E-state index is 0.0111. The van der Waals surface area contributed by atoms with E-state index in [0.717, 1.165) is 0 Å². The van der Waals surface area contributed by atoms with Crippen LogP contribution in [-0.4, -0.2) is 30.0 Å². The second-order valence-electron chi connectivity index (χ2n) is 5.49. The molecule has 0 amide bonds. The summed E-state index contributed by atoms with van der Waals surface area (Å²) in [6.07, 6.45) is 0. The van der Waals surface area contributed by atoms with E-state index in [4.69, 9.17) is 14.6 Å². The Hall–Kier alpha value is -2.14. The number of hydrogen-bond donors (Lipinski definition) is 2. The smallest absolute Gasteiger partial charge is 0.241 e. The molecule has 8 nitrogen and oxygen atoms in total. The van der Waals surface area contributed by atoms with Gasteiger partial charge in [-0.25, -0.2) is 26.7 Å². The lowest BCUT2D eigenvalue weighted by atomic mass is 10.2. The standard InChI is InChI=1S/C17H22N2O6S2/c1-3-24-16-9-8-15(11-17(16)25-4-2)27(22,23)19-12-13-6-5-7-14(10-13)26(18,20)21/h5-11,19H,3-4,12H2,1-2H3,(H2,18,20,21). The molecule has 10 heteroatoms. The van der Waals surface area contributed by atoms with Crippen LogP contribution in [0, 0.1) is 0 Å². The number of nitrogens with two attached hydrogens (primary N) is 1. The van der Waals surface area contributed by atoms with Crippen molar-refractivity contribution in [1.29, 1.82) is 0 Å². The molecule has 0 bridgehead atoms. The number of benzene rings is 2. The van der Waals surface area contributed by atoms with Crippen LogP contribution in [0.4, 0.5) is 0 Å². The van der Waals surface area contributed by atoms with Crippen LogP contribution in [-0.2, 0) is 26.6 Å². The average molecular weight is 415 g/mol. The van der Waals surface area contributed by atoms with E-state index in [9.17, 15) is 16.8 Å². The second kappa shape index (κ2) is 8.70. The molecule has 0 aliphatic rings. The number of ether oxygens (including phenoxy) is 2. The Balaban J connectivity index is 2.23. The number of sulfonamides is 2. The van der Waals surface area contributed by atoms with Gasteiger partial charge in [-0.1, -0.05) is 12.1 Å². The van der Waals surface area contributed by atoms with Gasteiger partial charge >= 0.3 is 0 Å². The molecule has 0 fully saturated rings. The van der Waals surface area contributed by atoms with E-state index in [1.807, 2.05) is 6.92 Å². The van der Waals surface area contributed by atoms with E-state index in [2.05, 4.69) is 4.72 Å². The Bertz CT molecular complexity index is 1000. The summed E-state index contributed by atoms with van der Waals surface area (Å²) in [6, 6.07) is 10.1. The predicted molar refractivity (Wildman–Crippen MR) is 101 cm³/mol. The summed E-state index contributed by atoms with van der Waals surface area (Å²) in [4.78, 5) is -0.0732. The van der Waals surface area contributed by atoms with Gasteiger partial charge in [0, 0.05) is 12.6 Å². The maximum atomic E-state index is 12.6. The molecule has 27 heavy (non-hydrogen) atoms. The Morgan fingerprint density at radius 2 is 1.56 bits per heavy atom. The van der Waals surface area contributed by atoms with Crippen molar-refractivity contribution in [3.05, 3.63) is 48.0 Å². The number of hydrogen-bond acceptors (Lipinski definition) is 6. The first-order chi connectivity index (χ1) is 12.7. The normalized spacial score (nSPS) is 12.0. The average Bonchev–Trinajstić information content (AvgIpc) is 2.61. The quantitative estimate of drug-likeness (QED) is 0.642. The molecule has 0 radical (unpaired) electrons. The molecule has 2 aromatic carbocycles. The highest BCUT2D eigenvalue weighted by Gasteiger charge is 2.18. The zero-order chi connectivity index (χ0) is 20.1. The molecule has 0 aliphatic heterocycles. The van der Waals surface area contributed by atoms with E-state index in [1.165, 1.54) is 36.4 Å². The van der Waals surface area contributed by atoms with Gasteiger partial charge in [-0.2, -0.15) is 0 Å². The maximum Gasteiger partial charge on any atom is 0.241 e. The Morgan fingerprint density at radius 3 is 2.19 bits per heavy atom. The summed E-state index contributed by atoms with van der Waals surface area (Å²) >= 11 is 0. The van der Waals surface area contributed by atoms with Crippen molar-refractivity contribution in [2.75, 3.05) is 13.2 Å². The first-order valence-corrected chi connectivity index (χ1v) is 11.2. The van der Waals surface area contributed by atoms with Crippen LogP contribution in [0.25, 0.3) is 0 Å². The molecule has 0 heterocycles. The van der Waals surface area contributed by atoms with E-state index in [0.29, 0.717) is 30.3 Å². The largest absolute Gasteiger partial charge is 0.490 e. The van der Waals surface area contributed by atoms with Gasteiger partial charge in [0.05, 0.1) is 23.0 Å². The zero-order valence-corrected chi connectivity index (χ0v) is 16.6. The first kappa shape index (κ1) is 21.2. The molecule has 2 rings (SSSR count). The molecule has 0 aromatic heterocycles. The molecular formula is C17H22N2O6S2. The van der Waals surface area contributed by atoms with Gasteiger partial charge in [-0.15, -0.1) is 0 Å². The number of rotatable bonds is 9. The third-order valence-electron chi connectivity index (χ3n) is 3.52. The van der Waals surface area contributed by atoms with Crippen LogP contribution in [0.1, 0.15) is 19.4 Å². The van der Waals surface area contributed by atoms with Crippen LogP contribution in [0.3, 0.4) is 0 Å². The van der Waals surface area contributed by atoms with Crippen molar-refractivity contribution in [1.82, 2.24) is 4.72 Å². The number of nitrogens with one attached hydrogen (secondary N) is 1. The number of primary sulfonamides is 1. The molecule has 0 atom stereocenters. The Morgan fingerprint density at radius 1 is 0.889 bits per heavy atom. The molecule has 0 unspecified atom stereocenters. The molecule has 0 saturated carbocycles. The molecule has 0 spiro atoms. The zero-order valence-electron chi connectivity index (χ0n) is 15.0. The lowest BCUT2D eigenvalue weighted by molar-refractivity contribution is 0.287. The topological polar surface area (TPSA) is 125 Å². The lowest BCUT2D eigenvalue weighted by Crippen LogP contribution is -2.23. The second-order valence-corrected chi connectivity index (χ2v) is 8.82. The Kier molecular flexibility index (Phi) is 6.82. The van der Waals surface area contributed by atoms with E-state index < -0.39 is 20.0 Å². The molecule has 0 saturated heterocycles. The third-order valence-corrected chi connectivity index (χ3v) is 5.83. The van der Waals surface area contributed by atoms with Gasteiger partial charge < -0.3 is 9.47 Å². The monoisotopic (exact) mass is 414 g/mol. The van der Waals surface area contributed by atoms with Gasteiger partial charge in [-0.3, -0.25) is 0 Å². The van der Waals surface area contributed by atoms with Gasteiger partial charge in [0.1, 0.15) is 0 Å². The fourth-order valence-corrected chi connectivity index (χ4v) is 3.91. The molecule has 2 aromatic rings. The van der Waals surface area contributed by atoms with Crippen LogP contribution < -0.4 is 19.3 Å². The summed E-state index contributed by atoms with van der Waals surface area (Å²) in [7, 11) is -7.71. The minimum Gasteiger partial charge on any atom is -0.490 e. The summed E-state index contributed by atoms with van der Waals surface area (Å²) in [6.45, 7) is 4.29. The van der Waals surface area contributed by atoms with Gasteiger partial charge in [0.15, 0.2) is 11.5 Å². The molecule has 148 valence electrons. The SMILES string of the molecule is CCOc1ccc(S(=O)(=O)NCc2cccc(S(N)(=O)=O)c2)cc1OCC. The Labute approximate surface area is 159 Å². The lowest BCUT2D eigenvalue weighted by Gasteiger charge is -2.13. The fraction of sp³-hybridized carbons (Fsp3) is 0.294. The van der Waals surface area contributed by atoms with Gasteiger partial charge in [-0.05, 0) is 43.7 Å². The van der Waals surface area contributed by atoms with Crippen molar-refractivity contribution in [3.63, 3.8) is 0 Å². The maximum absolute atomic E-state index is 12.6. The fourth-order valence-electron chi connectivity index (χ4n) is 2.29. The van der Waals surface area contributed by atoms with E-state index >= 15 is 0 Å². The van der Waals surface area contributed by atoms with Gasteiger partial charge in [0.25, 0.3) is 0 Å². The summed E-state index contributed by atoms with van der Waals surface area (Å²) in [5.74, 6) is 0.789. The summed E-state index contributed by atoms with van der Waals surface area (Å²) in [5, 5.41) is 5.09. The summed E-state index contributed by atoms with van der Waals surface area (Å²) in [5.41, 5.74) is 0.459. The minimum atomic E-state index is -3.86. The van der Waals surface area contributed by atoms with Crippen molar-refractivity contribution in [3.8, 4) is 11.5 Å². The molecular weight excluding hydrogens is 392 g/mol. The third kappa shape index (κ3) is 5.67. The van der Waals surface area contributed by atoms with Crippen LogP contribution >= 0.6 is 0 Å². The van der Waals surface area contributed by atoms with Crippen LogP contribution in [0.5, 0.6) is 11.5 Å². The van der Waals surface area contributed by atoms with E-state index in [1.54, 1.807) is 13.0 Å². The van der Waals surface area contributed by atoms with Gasteiger partial charge in [0.2, 0.25) is 20.0 Å². The first-order valence-electron chi connectivity index (χ1n) is 8.18. The van der Waals surface area contributed by atoms with Crippen LogP contribution in [0.15, 0.2) is 52.3 Å². The van der Waals surface area contributed by atoms with Crippen molar-refractivity contribution < 1.29 is 26.3 Å². The van der Waals surface area contributed by atoms with Crippen LogP contribution in [0.2, 0.25) is 0 Å². The highest BCUT2D eigenvalue weighted by molar-refractivity contribution is 7.89. The predicted octanol–water partition coefficient (Wildman–Crippen LogP) is 1.61. The highest BCUT2D eigenvalue weighted by atomic mass is 32.2. The summed E-state index contributed by atoms with van der Waals surface area (Å²) < 4.78 is 61.2. The van der Waals surface area contributed by atoms with Crippen molar-refractivity contribution in [2.24, 2.45) is 5.14 Å². The van der Waals surface area contributed by atoms with Crippen molar-refractivity contribution in [2.45, 2.75) is 30.2 Å². The van der Waals surface area contributed by atoms with E-state index in [-0.39, 0.29) is 16.3 Å². The molecule has 0 aliphatic carbocycles.